The Bertz CT molecular complexity index is 1430. The fourth-order valence-corrected chi connectivity index (χ4v) is 3.88. The van der Waals surface area contributed by atoms with Crippen molar-refractivity contribution >= 4 is 22.8 Å². The number of rotatable bonds is 4. The molecule has 5 rings (SSSR count). The van der Waals surface area contributed by atoms with Crippen LogP contribution in [0.3, 0.4) is 0 Å². The van der Waals surface area contributed by atoms with Crippen LogP contribution in [0.4, 0.5) is 5.82 Å². The largest absolute Gasteiger partial charge is 0.306 e. The highest BCUT2D eigenvalue weighted by atomic mass is 16.1. The summed E-state index contributed by atoms with van der Waals surface area (Å²) in [5, 5.41) is 13.0. The molecule has 5 aromatic rings. The van der Waals surface area contributed by atoms with Crippen molar-refractivity contribution in [1.82, 2.24) is 24.5 Å². The van der Waals surface area contributed by atoms with E-state index in [1.807, 2.05) is 87.5 Å². The minimum absolute atomic E-state index is 0.228. The number of hydrogen-bond acceptors (Lipinski definition) is 4. The second kappa shape index (κ2) is 7.77. The maximum Gasteiger partial charge on any atom is 0.257 e. The highest BCUT2D eigenvalue weighted by Crippen LogP contribution is 2.26. The highest BCUT2D eigenvalue weighted by Gasteiger charge is 2.21. The minimum Gasteiger partial charge on any atom is -0.306 e. The van der Waals surface area contributed by atoms with Gasteiger partial charge in [-0.3, -0.25) is 4.79 Å². The number of aryl methyl sites for hydroxylation is 3. The van der Waals surface area contributed by atoms with Gasteiger partial charge >= 0.3 is 0 Å². The van der Waals surface area contributed by atoms with Crippen molar-refractivity contribution in [3.8, 4) is 11.4 Å². The van der Waals surface area contributed by atoms with Crippen LogP contribution in [0.1, 0.15) is 27.4 Å². The van der Waals surface area contributed by atoms with Crippen LogP contribution >= 0.6 is 0 Å². The second-order valence-corrected chi connectivity index (χ2v) is 7.72. The molecule has 0 aliphatic heterocycles. The molecule has 2 aromatic carbocycles. The molecule has 0 radical (unpaired) electrons. The van der Waals surface area contributed by atoms with E-state index in [1.165, 1.54) is 0 Å². The van der Waals surface area contributed by atoms with Gasteiger partial charge in [-0.25, -0.2) is 14.3 Å². The van der Waals surface area contributed by atoms with E-state index in [4.69, 9.17) is 4.98 Å². The Hall–Kier alpha value is -4.26. The predicted octanol–water partition coefficient (Wildman–Crippen LogP) is 4.78. The van der Waals surface area contributed by atoms with Crippen LogP contribution in [-0.4, -0.2) is 30.5 Å². The number of benzene rings is 2. The number of carbonyl (C=O) groups is 1. The predicted molar refractivity (Wildman–Crippen MR) is 125 cm³/mol. The number of nitrogens with one attached hydrogen (secondary N) is 1. The number of hydrogen-bond donors (Lipinski definition) is 1. The number of pyridine rings is 1. The van der Waals surface area contributed by atoms with E-state index in [-0.39, 0.29) is 5.91 Å². The average Bonchev–Trinajstić information content (AvgIpc) is 3.33. The van der Waals surface area contributed by atoms with Crippen molar-refractivity contribution in [2.24, 2.45) is 0 Å². The fraction of sp³-hybridized carbons (Fsp3) is 0.120. The second-order valence-electron chi connectivity index (χ2n) is 7.72. The smallest absolute Gasteiger partial charge is 0.257 e. The van der Waals surface area contributed by atoms with Gasteiger partial charge in [-0.15, -0.1) is 0 Å². The van der Waals surface area contributed by atoms with Crippen LogP contribution in [0, 0.1) is 20.8 Å². The van der Waals surface area contributed by atoms with Gasteiger partial charge in [-0.05, 0) is 51.1 Å². The van der Waals surface area contributed by atoms with Crippen LogP contribution in [0.15, 0.2) is 72.8 Å². The Kier molecular flexibility index (Phi) is 4.78. The molecule has 0 saturated carbocycles. The van der Waals surface area contributed by atoms with Crippen molar-refractivity contribution < 1.29 is 4.79 Å². The van der Waals surface area contributed by atoms with Gasteiger partial charge in [-0.2, -0.15) is 10.2 Å². The quantitative estimate of drug-likeness (QED) is 0.452. The third-order valence-electron chi connectivity index (χ3n) is 5.26. The zero-order valence-corrected chi connectivity index (χ0v) is 18.1. The highest BCUT2D eigenvalue weighted by molar-refractivity contribution is 6.12. The molecular weight excluding hydrogens is 400 g/mol. The average molecular weight is 422 g/mol. The molecular formula is C25H22N6O. The Morgan fingerprint density at radius 1 is 0.781 bits per heavy atom. The molecule has 7 nitrogen and oxygen atoms in total. The monoisotopic (exact) mass is 422 g/mol. The molecule has 0 spiro atoms. The molecule has 3 aromatic heterocycles. The Morgan fingerprint density at radius 3 is 2.06 bits per heavy atom. The van der Waals surface area contributed by atoms with Crippen LogP contribution in [0.25, 0.3) is 22.4 Å². The Morgan fingerprint density at radius 2 is 1.41 bits per heavy atom. The fourth-order valence-electron chi connectivity index (χ4n) is 3.88. The normalized spacial score (nSPS) is 11.1. The van der Waals surface area contributed by atoms with Gasteiger partial charge in [0.2, 0.25) is 0 Å². The zero-order valence-electron chi connectivity index (χ0n) is 18.1. The lowest BCUT2D eigenvalue weighted by atomic mass is 10.1. The summed E-state index contributed by atoms with van der Waals surface area (Å²) in [6.45, 7) is 5.68. The number of para-hydroxylation sites is 2. The van der Waals surface area contributed by atoms with Crippen molar-refractivity contribution in [2.45, 2.75) is 20.8 Å². The molecule has 0 atom stereocenters. The van der Waals surface area contributed by atoms with Crippen molar-refractivity contribution in [3.63, 3.8) is 0 Å². The lowest BCUT2D eigenvalue weighted by Crippen LogP contribution is -2.16. The van der Waals surface area contributed by atoms with Crippen LogP contribution in [0.5, 0.6) is 0 Å². The SMILES string of the molecule is Cc1cc(C(=O)Nc2cc(C)nn2-c2ccccc2)c2c(C)nn(-c3ccccc3)c2n1. The number of fused-ring (bicyclic) bond motifs is 1. The molecule has 1 N–H and O–H groups in total. The molecule has 32 heavy (non-hydrogen) atoms. The molecule has 3 heterocycles. The van der Waals surface area contributed by atoms with Crippen LogP contribution < -0.4 is 5.32 Å². The van der Waals surface area contributed by atoms with Gasteiger partial charge in [0.1, 0.15) is 5.82 Å². The third-order valence-corrected chi connectivity index (χ3v) is 5.26. The number of aromatic nitrogens is 5. The molecule has 0 aliphatic rings. The summed E-state index contributed by atoms with van der Waals surface area (Å²) in [7, 11) is 0. The third kappa shape index (κ3) is 3.43. The van der Waals surface area contributed by atoms with E-state index in [1.54, 1.807) is 15.4 Å². The maximum absolute atomic E-state index is 13.5. The summed E-state index contributed by atoms with van der Waals surface area (Å²) in [6.07, 6.45) is 0. The van der Waals surface area contributed by atoms with Crippen LogP contribution in [-0.2, 0) is 0 Å². The molecule has 0 bridgehead atoms. The molecule has 0 fully saturated rings. The molecule has 0 unspecified atom stereocenters. The Labute approximate surface area is 185 Å². The zero-order chi connectivity index (χ0) is 22.2. The lowest BCUT2D eigenvalue weighted by Gasteiger charge is -2.10. The van der Waals surface area contributed by atoms with Gasteiger partial charge in [0.25, 0.3) is 5.91 Å². The summed E-state index contributed by atoms with van der Waals surface area (Å²) in [5.41, 5.74) is 5.26. The van der Waals surface area contributed by atoms with E-state index < -0.39 is 0 Å². The van der Waals surface area contributed by atoms with Crippen LogP contribution in [0.2, 0.25) is 0 Å². The Balaban J connectivity index is 1.59. The summed E-state index contributed by atoms with van der Waals surface area (Å²) >= 11 is 0. The molecule has 7 heteroatoms. The lowest BCUT2D eigenvalue weighted by molar-refractivity contribution is 0.102. The standard InChI is InChI=1S/C25H22N6O/c1-16-14-21(23-18(3)29-31(24(23)26-16)20-12-8-5-9-13-20)25(32)27-22-15-17(2)28-30(22)19-10-6-4-7-11-19/h4-15H,1-3H3,(H,27,32). The molecule has 0 saturated heterocycles. The van der Waals surface area contributed by atoms with E-state index in [9.17, 15) is 4.79 Å². The van der Waals surface area contributed by atoms with E-state index in [0.29, 0.717) is 17.0 Å². The summed E-state index contributed by atoms with van der Waals surface area (Å²) in [6, 6.07) is 23.2. The summed E-state index contributed by atoms with van der Waals surface area (Å²) < 4.78 is 3.52. The van der Waals surface area contributed by atoms with Crippen molar-refractivity contribution in [2.75, 3.05) is 5.32 Å². The number of anilines is 1. The first kappa shape index (κ1) is 19.7. The first-order chi connectivity index (χ1) is 15.5. The maximum atomic E-state index is 13.5. The van der Waals surface area contributed by atoms with E-state index >= 15 is 0 Å². The van der Waals surface area contributed by atoms with Gasteiger partial charge < -0.3 is 5.32 Å². The van der Waals surface area contributed by atoms with Gasteiger partial charge in [-0.1, -0.05) is 36.4 Å². The molecule has 158 valence electrons. The topological polar surface area (TPSA) is 77.6 Å². The van der Waals surface area contributed by atoms with Gasteiger partial charge in [0.05, 0.1) is 33.7 Å². The van der Waals surface area contributed by atoms with Gasteiger partial charge in [0.15, 0.2) is 5.65 Å². The molecule has 0 aliphatic carbocycles. The van der Waals surface area contributed by atoms with Crippen molar-refractivity contribution in [1.29, 1.82) is 0 Å². The summed E-state index contributed by atoms with van der Waals surface area (Å²) in [4.78, 5) is 18.1. The van der Waals surface area contributed by atoms with E-state index in [0.717, 1.165) is 33.8 Å². The summed E-state index contributed by atoms with van der Waals surface area (Å²) in [5.74, 6) is 0.378. The van der Waals surface area contributed by atoms with E-state index in [2.05, 4.69) is 15.5 Å². The van der Waals surface area contributed by atoms with Crippen molar-refractivity contribution in [3.05, 3.63) is 95.4 Å². The number of nitrogens with zero attached hydrogens (tertiary/aromatic N) is 5. The first-order valence-corrected chi connectivity index (χ1v) is 10.4. The number of carbonyl (C=O) groups excluding carboxylic acids is 1. The minimum atomic E-state index is -0.228. The first-order valence-electron chi connectivity index (χ1n) is 10.4. The number of amides is 1. The molecule has 1 amide bonds. The van der Waals surface area contributed by atoms with Gasteiger partial charge in [0, 0.05) is 11.8 Å².